The van der Waals surface area contributed by atoms with E-state index < -0.39 is 17.9 Å². The lowest BCUT2D eigenvalue weighted by atomic mass is 9.86. The van der Waals surface area contributed by atoms with Crippen molar-refractivity contribution in [2.75, 3.05) is 6.26 Å². The van der Waals surface area contributed by atoms with Crippen molar-refractivity contribution in [3.05, 3.63) is 89.5 Å². The number of aliphatic carboxylic acids is 1. The molecule has 0 bridgehead atoms. The molecule has 190 valence electrons. The molecule has 4 rings (SSSR count). The van der Waals surface area contributed by atoms with Gasteiger partial charge in [0.15, 0.2) is 0 Å². The molecule has 1 amide bonds. The summed E-state index contributed by atoms with van der Waals surface area (Å²) in [4.78, 5) is 30.2. The molecule has 2 N–H and O–H groups in total. The molecule has 1 unspecified atom stereocenters. The van der Waals surface area contributed by atoms with Gasteiger partial charge in [0, 0.05) is 28.0 Å². The number of carbonyl (C=O) groups is 2. The van der Waals surface area contributed by atoms with E-state index in [-0.39, 0.29) is 11.8 Å². The van der Waals surface area contributed by atoms with E-state index in [9.17, 15) is 14.7 Å². The third-order valence-electron chi connectivity index (χ3n) is 6.03. The normalized spacial score (nSPS) is 12.2. The van der Waals surface area contributed by atoms with Gasteiger partial charge in [0.25, 0.3) is 11.8 Å². The average Bonchev–Trinajstić information content (AvgIpc) is 3.38. The lowest BCUT2D eigenvalue weighted by Crippen LogP contribution is -2.42. The van der Waals surface area contributed by atoms with Gasteiger partial charge in [-0.1, -0.05) is 62.3 Å². The smallest absolute Gasteiger partial charge is 0.326 e. The Kier molecular flexibility index (Phi) is 7.78. The van der Waals surface area contributed by atoms with Gasteiger partial charge in [0.1, 0.15) is 6.04 Å². The molecular weight excluding hydrogens is 486 g/mol. The molecule has 0 radical (unpaired) electrons. The monoisotopic (exact) mass is 515 g/mol. The molecule has 0 aliphatic heterocycles. The van der Waals surface area contributed by atoms with Gasteiger partial charge in [-0.25, -0.2) is 4.79 Å². The first-order valence-electron chi connectivity index (χ1n) is 11.9. The third kappa shape index (κ3) is 6.46. The van der Waals surface area contributed by atoms with Gasteiger partial charge in [-0.05, 0) is 59.2 Å². The lowest BCUT2D eigenvalue weighted by Gasteiger charge is -2.19. The van der Waals surface area contributed by atoms with E-state index in [1.807, 2.05) is 54.8 Å². The summed E-state index contributed by atoms with van der Waals surface area (Å²) in [5, 5.41) is 16.4. The topological polar surface area (TPSA) is 105 Å². The zero-order chi connectivity index (χ0) is 26.6. The van der Waals surface area contributed by atoms with Crippen LogP contribution >= 0.6 is 11.8 Å². The molecule has 7 nitrogen and oxygen atoms in total. The van der Waals surface area contributed by atoms with E-state index in [0.717, 1.165) is 27.1 Å². The number of nitrogens with zero attached hydrogens (tertiary/aromatic N) is 2. The fourth-order valence-corrected chi connectivity index (χ4v) is 4.19. The number of amides is 1. The summed E-state index contributed by atoms with van der Waals surface area (Å²) in [6, 6.07) is 21.3. The molecule has 37 heavy (non-hydrogen) atoms. The predicted molar refractivity (Wildman–Crippen MR) is 145 cm³/mol. The fraction of sp³-hybridized carbons (Fsp3) is 0.241. The Labute approximate surface area is 220 Å². The molecule has 0 aliphatic carbocycles. The van der Waals surface area contributed by atoms with E-state index >= 15 is 0 Å². The van der Waals surface area contributed by atoms with Crippen molar-refractivity contribution >= 4 is 23.6 Å². The Bertz CT molecular complexity index is 1370. The molecule has 8 heteroatoms. The molecule has 1 atom stereocenters. The van der Waals surface area contributed by atoms with Gasteiger partial charge >= 0.3 is 5.97 Å². The van der Waals surface area contributed by atoms with Crippen LogP contribution in [0.4, 0.5) is 0 Å². The number of carboxylic acid groups (broad SMARTS) is 1. The molecule has 0 spiro atoms. The number of hydrogen-bond acceptors (Lipinski definition) is 6. The number of carbonyl (C=O) groups excluding carboxylic acids is 1. The van der Waals surface area contributed by atoms with Gasteiger partial charge in [-0.15, -0.1) is 11.8 Å². The number of benzene rings is 3. The van der Waals surface area contributed by atoms with Gasteiger partial charge in [-0.2, -0.15) is 4.98 Å². The van der Waals surface area contributed by atoms with Crippen molar-refractivity contribution in [2.24, 2.45) is 0 Å². The summed E-state index contributed by atoms with van der Waals surface area (Å²) >= 11 is 1.66. The van der Waals surface area contributed by atoms with Crippen LogP contribution in [0.25, 0.3) is 22.8 Å². The summed E-state index contributed by atoms with van der Waals surface area (Å²) < 4.78 is 5.42. The van der Waals surface area contributed by atoms with Crippen molar-refractivity contribution in [3.63, 3.8) is 0 Å². The number of aromatic nitrogens is 2. The zero-order valence-electron chi connectivity index (χ0n) is 21.2. The third-order valence-corrected chi connectivity index (χ3v) is 6.78. The summed E-state index contributed by atoms with van der Waals surface area (Å²) in [5.41, 5.74) is 3.83. The first-order chi connectivity index (χ1) is 17.6. The Balaban J connectivity index is 1.42. The minimum atomic E-state index is -1.10. The molecule has 0 saturated heterocycles. The summed E-state index contributed by atoms with van der Waals surface area (Å²) in [7, 11) is 0. The average molecular weight is 516 g/mol. The maximum atomic E-state index is 12.7. The van der Waals surface area contributed by atoms with Crippen LogP contribution in [-0.4, -0.2) is 39.4 Å². The van der Waals surface area contributed by atoms with E-state index in [1.54, 1.807) is 36.0 Å². The maximum absolute atomic E-state index is 12.7. The quantitative estimate of drug-likeness (QED) is 0.284. The molecule has 1 aromatic heterocycles. The van der Waals surface area contributed by atoms with E-state index in [2.05, 4.69) is 36.2 Å². The van der Waals surface area contributed by atoms with Crippen molar-refractivity contribution in [3.8, 4) is 22.8 Å². The molecule has 4 aromatic rings. The van der Waals surface area contributed by atoms with Gasteiger partial charge in [-0.3, -0.25) is 4.79 Å². The summed E-state index contributed by atoms with van der Waals surface area (Å²) in [6.07, 6.45) is 2.16. The van der Waals surface area contributed by atoms with Crippen LogP contribution in [0.1, 0.15) is 42.3 Å². The Morgan fingerprint density at radius 2 is 1.57 bits per heavy atom. The fourth-order valence-electron chi connectivity index (χ4n) is 3.78. The van der Waals surface area contributed by atoms with Crippen LogP contribution < -0.4 is 5.32 Å². The number of hydrogen-bond donors (Lipinski definition) is 2. The molecular formula is C29H29N3O4S. The van der Waals surface area contributed by atoms with Crippen LogP contribution in [0.3, 0.4) is 0 Å². The standard InChI is InChI=1S/C29H29N3O4S/c1-29(2,3)22-13-9-20(10-14-22)26(33)30-24(28(34)35)17-18-5-7-19(8-6-18)25-31-27(36-32-25)21-11-15-23(37-4)16-12-21/h5-16,24H,17H2,1-4H3,(H,30,33)(H,34,35). The van der Waals surface area contributed by atoms with Crippen LogP contribution in [0, 0.1) is 0 Å². The van der Waals surface area contributed by atoms with E-state index in [0.29, 0.717) is 17.3 Å². The van der Waals surface area contributed by atoms with Crippen LogP contribution in [-0.2, 0) is 16.6 Å². The number of rotatable bonds is 8. The number of thioether (sulfide) groups is 1. The van der Waals surface area contributed by atoms with Gasteiger partial charge in [0.05, 0.1) is 0 Å². The van der Waals surface area contributed by atoms with Crippen molar-refractivity contribution in [2.45, 2.75) is 43.5 Å². The zero-order valence-corrected chi connectivity index (χ0v) is 22.0. The minimum Gasteiger partial charge on any atom is -0.480 e. The van der Waals surface area contributed by atoms with E-state index in [4.69, 9.17) is 4.52 Å². The molecule has 0 saturated carbocycles. The first kappa shape index (κ1) is 26.2. The van der Waals surface area contributed by atoms with E-state index in [1.165, 1.54) is 0 Å². The SMILES string of the molecule is CSc1ccc(-c2nc(-c3ccc(CC(NC(=O)c4ccc(C(C)(C)C)cc4)C(=O)O)cc3)no2)cc1. The van der Waals surface area contributed by atoms with Crippen molar-refractivity contribution in [1.29, 1.82) is 0 Å². The van der Waals surface area contributed by atoms with Crippen LogP contribution in [0.15, 0.2) is 82.2 Å². The largest absolute Gasteiger partial charge is 0.480 e. The highest BCUT2D eigenvalue weighted by Gasteiger charge is 2.22. The van der Waals surface area contributed by atoms with Crippen LogP contribution in [0.5, 0.6) is 0 Å². The van der Waals surface area contributed by atoms with Crippen molar-refractivity contribution in [1.82, 2.24) is 15.5 Å². The second kappa shape index (κ2) is 11.0. The first-order valence-corrected chi connectivity index (χ1v) is 13.1. The van der Waals surface area contributed by atoms with Crippen LogP contribution in [0.2, 0.25) is 0 Å². The van der Waals surface area contributed by atoms with Crippen molar-refractivity contribution < 1.29 is 19.2 Å². The Morgan fingerprint density at radius 3 is 2.14 bits per heavy atom. The highest BCUT2D eigenvalue weighted by Crippen LogP contribution is 2.25. The highest BCUT2D eigenvalue weighted by atomic mass is 32.2. The molecule has 0 fully saturated rings. The minimum absolute atomic E-state index is 0.0344. The Morgan fingerprint density at radius 1 is 0.946 bits per heavy atom. The lowest BCUT2D eigenvalue weighted by molar-refractivity contribution is -0.139. The summed E-state index contributed by atoms with van der Waals surface area (Å²) in [6.45, 7) is 6.28. The van der Waals surface area contributed by atoms with Gasteiger partial charge in [0.2, 0.25) is 5.82 Å². The van der Waals surface area contributed by atoms with Gasteiger partial charge < -0.3 is 14.9 Å². The number of nitrogens with one attached hydrogen (secondary N) is 1. The second-order valence-electron chi connectivity index (χ2n) is 9.74. The maximum Gasteiger partial charge on any atom is 0.326 e. The second-order valence-corrected chi connectivity index (χ2v) is 10.6. The highest BCUT2D eigenvalue weighted by molar-refractivity contribution is 7.98. The summed E-state index contributed by atoms with van der Waals surface area (Å²) in [5.74, 6) is -0.651. The molecule has 3 aromatic carbocycles. The predicted octanol–water partition coefficient (Wildman–Crippen LogP) is 5.85. The Hall–Kier alpha value is -3.91. The molecule has 0 aliphatic rings. The number of carboxylic acids is 1. The molecule has 1 heterocycles.